The van der Waals surface area contributed by atoms with E-state index in [0.29, 0.717) is 6.61 Å². The lowest BCUT2D eigenvalue weighted by atomic mass is 10.0. The minimum Gasteiger partial charge on any atom is -0.474 e. The molecule has 1 N–H and O–H groups in total. The molecule has 5 nitrogen and oxygen atoms in total. The van der Waals surface area contributed by atoms with Gasteiger partial charge in [-0.05, 0) is 36.3 Å². The maximum atomic E-state index is 10.4. The Labute approximate surface area is 168 Å². The van der Waals surface area contributed by atoms with E-state index in [9.17, 15) is 5.11 Å². The molecule has 0 aliphatic carbocycles. The summed E-state index contributed by atoms with van der Waals surface area (Å²) in [5.74, 6) is 0. The van der Waals surface area contributed by atoms with Gasteiger partial charge in [0.15, 0.2) is 29.1 Å². The molecule has 0 unspecified atom stereocenters. The first-order valence-electron chi connectivity index (χ1n) is 9.83. The Morgan fingerprint density at radius 2 is 1.63 bits per heavy atom. The number of hydrogen-bond donors (Lipinski definition) is 1. The summed E-state index contributed by atoms with van der Waals surface area (Å²) in [6, 6.07) is -0.207. The number of aliphatic hydroxyl groups excluding tert-OH is 1. The number of nitrogens with zero attached hydrogens (tertiary/aromatic N) is 1. The van der Waals surface area contributed by atoms with E-state index in [4.69, 9.17) is 13.6 Å². The smallest absolute Gasteiger partial charge is 0.192 e. The van der Waals surface area contributed by atoms with Crippen molar-refractivity contribution in [2.24, 2.45) is 4.99 Å². The number of aliphatic imine (C=N–C) groups is 1. The highest BCUT2D eigenvalue weighted by Gasteiger charge is 2.47. The second-order valence-electron chi connectivity index (χ2n) is 10.6. The Balaban J connectivity index is 3.10. The summed E-state index contributed by atoms with van der Waals surface area (Å²) < 4.78 is 18.8. The van der Waals surface area contributed by atoms with E-state index in [1.54, 1.807) is 0 Å². The lowest BCUT2D eigenvalue weighted by molar-refractivity contribution is -0.0493. The van der Waals surface area contributed by atoms with Crippen LogP contribution in [0.2, 0.25) is 36.3 Å². The van der Waals surface area contributed by atoms with Crippen molar-refractivity contribution in [3.63, 3.8) is 0 Å². The quantitative estimate of drug-likeness (QED) is 0.482. The molecule has 27 heavy (non-hydrogen) atoms. The van der Waals surface area contributed by atoms with Crippen molar-refractivity contribution in [3.8, 4) is 0 Å². The summed E-state index contributed by atoms with van der Waals surface area (Å²) >= 11 is 0. The van der Waals surface area contributed by atoms with Crippen LogP contribution in [0.15, 0.2) is 17.6 Å². The summed E-state index contributed by atoms with van der Waals surface area (Å²) in [6.45, 7) is 26.3. The normalized spacial score (nSPS) is 25.8. The highest BCUT2D eigenvalue weighted by atomic mass is 28.4. The average Bonchev–Trinajstić information content (AvgIpc) is 2.50. The SMILES string of the molecule is C=C[C@@H](O)[C@@H]1OC=N[C@@H](CO[Si](C)(C)C(C)(C)C)[C@H]1O[Si](C)(C)C(C)(C)C. The topological polar surface area (TPSA) is 60.3 Å². The molecule has 0 aromatic heterocycles. The summed E-state index contributed by atoms with van der Waals surface area (Å²) in [5.41, 5.74) is 0. The van der Waals surface area contributed by atoms with Gasteiger partial charge < -0.3 is 18.7 Å². The largest absolute Gasteiger partial charge is 0.474 e. The summed E-state index contributed by atoms with van der Waals surface area (Å²) in [4.78, 5) is 4.53. The highest BCUT2D eigenvalue weighted by Crippen LogP contribution is 2.40. The lowest BCUT2D eigenvalue weighted by Gasteiger charge is -2.45. The number of aliphatic hydroxyl groups is 1. The van der Waals surface area contributed by atoms with E-state index in [1.165, 1.54) is 12.5 Å². The van der Waals surface area contributed by atoms with E-state index in [-0.39, 0.29) is 22.2 Å². The van der Waals surface area contributed by atoms with Gasteiger partial charge in [0, 0.05) is 0 Å². The van der Waals surface area contributed by atoms with E-state index in [0.717, 1.165) is 0 Å². The number of hydrogen-bond acceptors (Lipinski definition) is 5. The second kappa shape index (κ2) is 8.49. The average molecular weight is 416 g/mol. The van der Waals surface area contributed by atoms with Crippen molar-refractivity contribution < 1.29 is 18.7 Å². The molecule has 0 aromatic rings. The fraction of sp³-hybridized carbons (Fsp3) is 0.850. The maximum absolute atomic E-state index is 10.4. The van der Waals surface area contributed by atoms with Gasteiger partial charge >= 0.3 is 0 Å². The standard InChI is InChI=1S/C20H41NO4Si2/c1-12-16(22)18-17(25-27(10,11)20(5,6)7)15(21-14-23-18)13-24-26(8,9)19(2,3)4/h12,14-18,22H,1,13H2,2-11H3/t15-,16+,17+,18-/m0/s1. The predicted molar refractivity (Wildman–Crippen MR) is 119 cm³/mol. The minimum absolute atomic E-state index is 0.0443. The summed E-state index contributed by atoms with van der Waals surface area (Å²) in [7, 11) is -4.00. The third-order valence-electron chi connectivity index (χ3n) is 6.41. The van der Waals surface area contributed by atoms with Crippen molar-refractivity contribution in [3.05, 3.63) is 12.7 Å². The van der Waals surface area contributed by atoms with Crippen LogP contribution in [0.1, 0.15) is 41.5 Å². The van der Waals surface area contributed by atoms with Crippen LogP contribution in [-0.2, 0) is 13.6 Å². The Morgan fingerprint density at radius 3 is 2.07 bits per heavy atom. The van der Waals surface area contributed by atoms with Crippen LogP contribution in [-0.4, -0.2) is 59.1 Å². The van der Waals surface area contributed by atoms with Crippen LogP contribution in [0.25, 0.3) is 0 Å². The first-order valence-corrected chi connectivity index (χ1v) is 15.6. The first kappa shape index (κ1) is 24.6. The van der Waals surface area contributed by atoms with E-state index in [1.807, 2.05) is 0 Å². The van der Waals surface area contributed by atoms with Gasteiger partial charge in [-0.1, -0.05) is 47.6 Å². The molecular formula is C20H41NO4Si2. The zero-order valence-electron chi connectivity index (χ0n) is 19.0. The zero-order valence-corrected chi connectivity index (χ0v) is 21.0. The highest BCUT2D eigenvalue weighted by molar-refractivity contribution is 6.74. The van der Waals surface area contributed by atoms with Crippen LogP contribution in [0.5, 0.6) is 0 Å². The number of ether oxygens (including phenoxy) is 1. The fourth-order valence-electron chi connectivity index (χ4n) is 2.28. The van der Waals surface area contributed by atoms with Crippen LogP contribution < -0.4 is 0 Å². The van der Waals surface area contributed by atoms with Crippen molar-refractivity contribution in [2.75, 3.05) is 6.61 Å². The van der Waals surface area contributed by atoms with Crippen molar-refractivity contribution in [1.82, 2.24) is 0 Å². The molecule has 0 bridgehead atoms. The van der Waals surface area contributed by atoms with E-state index >= 15 is 0 Å². The monoisotopic (exact) mass is 415 g/mol. The van der Waals surface area contributed by atoms with Gasteiger partial charge in [0.25, 0.3) is 0 Å². The van der Waals surface area contributed by atoms with Crippen molar-refractivity contribution in [2.45, 2.75) is 102 Å². The molecule has 158 valence electrons. The molecule has 0 saturated carbocycles. The molecule has 0 aromatic carbocycles. The van der Waals surface area contributed by atoms with E-state index in [2.05, 4.69) is 79.3 Å². The van der Waals surface area contributed by atoms with E-state index < -0.39 is 28.8 Å². The van der Waals surface area contributed by atoms with Crippen LogP contribution in [0, 0.1) is 0 Å². The maximum Gasteiger partial charge on any atom is 0.192 e. The van der Waals surface area contributed by atoms with Gasteiger partial charge in [-0.3, -0.25) is 0 Å². The Bertz CT molecular complexity index is 535. The second-order valence-corrected chi connectivity index (χ2v) is 20.1. The molecule has 1 aliphatic heterocycles. The molecule has 7 heteroatoms. The van der Waals surface area contributed by atoms with Crippen LogP contribution in [0.3, 0.4) is 0 Å². The minimum atomic E-state index is -2.09. The Hall–Kier alpha value is -0.476. The molecule has 0 amide bonds. The van der Waals surface area contributed by atoms with Gasteiger partial charge in [-0.25, -0.2) is 4.99 Å². The molecule has 1 aliphatic rings. The molecule has 0 fully saturated rings. The Kier molecular flexibility index (Phi) is 7.72. The molecular weight excluding hydrogens is 374 g/mol. The molecule has 1 rings (SSSR count). The predicted octanol–water partition coefficient (Wildman–Crippen LogP) is 4.74. The molecule has 0 radical (unpaired) electrons. The third-order valence-corrected chi connectivity index (χ3v) is 15.4. The van der Waals surface area contributed by atoms with Gasteiger partial charge in [0.05, 0.1) is 6.61 Å². The zero-order chi connectivity index (χ0) is 21.3. The summed E-state index contributed by atoms with van der Waals surface area (Å²) in [6.07, 6.45) is 1.22. The first-order chi connectivity index (χ1) is 12.0. The number of rotatable bonds is 7. The molecule has 0 spiro atoms. The van der Waals surface area contributed by atoms with Crippen LogP contribution in [0.4, 0.5) is 0 Å². The van der Waals surface area contributed by atoms with Crippen molar-refractivity contribution >= 4 is 23.0 Å². The molecule has 0 saturated heterocycles. The Morgan fingerprint density at radius 1 is 1.11 bits per heavy atom. The van der Waals surface area contributed by atoms with Gasteiger partial charge in [0.2, 0.25) is 0 Å². The van der Waals surface area contributed by atoms with Crippen molar-refractivity contribution in [1.29, 1.82) is 0 Å². The molecule has 1 heterocycles. The van der Waals surface area contributed by atoms with Gasteiger partial charge in [-0.15, -0.1) is 6.58 Å². The lowest BCUT2D eigenvalue weighted by Crippen LogP contribution is -2.57. The fourth-order valence-corrected chi connectivity index (χ4v) is 4.63. The van der Waals surface area contributed by atoms with Gasteiger partial charge in [-0.2, -0.15) is 0 Å². The van der Waals surface area contributed by atoms with Gasteiger partial charge in [0.1, 0.15) is 18.2 Å². The third kappa shape index (κ3) is 6.00. The molecule has 4 atom stereocenters. The van der Waals surface area contributed by atoms with Crippen LogP contribution >= 0.6 is 0 Å². The summed E-state index contributed by atoms with van der Waals surface area (Å²) in [5, 5.41) is 10.6.